The molecular formula is C14H17ClN2. The molecule has 4 aliphatic rings. The van der Waals surface area contributed by atoms with Crippen LogP contribution in [-0.2, 0) is 5.41 Å². The number of hydrogen-bond acceptors (Lipinski definition) is 2. The fraction of sp³-hybridized carbons (Fsp3) is 0.714. The van der Waals surface area contributed by atoms with Crippen LogP contribution in [0.4, 0.5) is 0 Å². The lowest BCUT2D eigenvalue weighted by Gasteiger charge is -2.56. The van der Waals surface area contributed by atoms with Gasteiger partial charge >= 0.3 is 0 Å². The molecule has 4 fully saturated rings. The van der Waals surface area contributed by atoms with Crippen LogP contribution in [0.15, 0.2) is 12.3 Å². The van der Waals surface area contributed by atoms with Gasteiger partial charge in [-0.2, -0.15) is 0 Å². The predicted molar refractivity (Wildman–Crippen MR) is 66.9 cm³/mol. The molecule has 0 unspecified atom stereocenters. The smallest absolute Gasteiger partial charge is 0.222 e. The maximum Gasteiger partial charge on any atom is 0.222 e. The molecule has 5 rings (SSSR count). The summed E-state index contributed by atoms with van der Waals surface area (Å²) in [4.78, 5) is 8.54. The van der Waals surface area contributed by atoms with E-state index in [0.717, 1.165) is 17.8 Å². The van der Waals surface area contributed by atoms with E-state index in [-0.39, 0.29) is 0 Å². The minimum Gasteiger partial charge on any atom is -0.227 e. The molecule has 1 heterocycles. The van der Waals surface area contributed by atoms with Crippen LogP contribution in [0, 0.1) is 17.8 Å². The summed E-state index contributed by atoms with van der Waals surface area (Å²) in [6.07, 6.45) is 10.3. The molecule has 1 aromatic rings. The molecule has 3 heteroatoms. The summed E-state index contributed by atoms with van der Waals surface area (Å²) in [6, 6.07) is 2.10. The Morgan fingerprint density at radius 1 is 1.06 bits per heavy atom. The second-order valence-corrected chi connectivity index (χ2v) is 6.75. The lowest BCUT2D eigenvalue weighted by molar-refractivity contribution is -0.00725. The fourth-order valence-electron chi connectivity index (χ4n) is 5.05. The quantitative estimate of drug-likeness (QED) is 0.710. The van der Waals surface area contributed by atoms with Crippen molar-refractivity contribution < 1.29 is 0 Å². The summed E-state index contributed by atoms with van der Waals surface area (Å²) in [6.45, 7) is 0. The molecule has 0 atom stereocenters. The Balaban J connectivity index is 1.77. The largest absolute Gasteiger partial charge is 0.227 e. The van der Waals surface area contributed by atoms with Crippen LogP contribution < -0.4 is 0 Å². The molecule has 0 aromatic carbocycles. The Bertz CT molecular complexity index is 422. The van der Waals surface area contributed by atoms with Crippen molar-refractivity contribution in [2.75, 3.05) is 0 Å². The first-order valence-corrected chi connectivity index (χ1v) is 7.10. The van der Waals surface area contributed by atoms with Crippen molar-refractivity contribution in [1.29, 1.82) is 0 Å². The summed E-state index contributed by atoms with van der Waals surface area (Å²) in [5.74, 6) is 2.86. The third-order valence-corrected chi connectivity index (χ3v) is 5.39. The topological polar surface area (TPSA) is 25.8 Å². The van der Waals surface area contributed by atoms with Gasteiger partial charge in [0.25, 0.3) is 0 Å². The molecule has 4 saturated carbocycles. The summed E-state index contributed by atoms with van der Waals surface area (Å²) < 4.78 is 0. The van der Waals surface area contributed by atoms with E-state index >= 15 is 0 Å². The zero-order valence-electron chi connectivity index (χ0n) is 9.90. The molecular weight excluding hydrogens is 232 g/mol. The zero-order valence-corrected chi connectivity index (χ0v) is 10.7. The van der Waals surface area contributed by atoms with Crippen LogP contribution in [-0.4, -0.2) is 9.97 Å². The van der Waals surface area contributed by atoms with Gasteiger partial charge in [0.05, 0.1) is 5.69 Å². The highest BCUT2D eigenvalue weighted by Gasteiger charge is 2.52. The Kier molecular flexibility index (Phi) is 2.09. The number of halogens is 1. The Morgan fingerprint density at radius 3 is 2.18 bits per heavy atom. The summed E-state index contributed by atoms with van der Waals surface area (Å²) in [7, 11) is 0. The second-order valence-electron chi connectivity index (χ2n) is 6.41. The highest BCUT2D eigenvalue weighted by Crippen LogP contribution is 2.60. The van der Waals surface area contributed by atoms with Gasteiger partial charge in [-0.05, 0) is 73.9 Å². The lowest BCUT2D eigenvalue weighted by Crippen LogP contribution is -2.48. The van der Waals surface area contributed by atoms with Crippen molar-refractivity contribution in [3.8, 4) is 0 Å². The van der Waals surface area contributed by atoms with Crippen LogP contribution in [0.2, 0.25) is 5.28 Å². The van der Waals surface area contributed by atoms with E-state index in [1.54, 1.807) is 0 Å². The summed E-state index contributed by atoms with van der Waals surface area (Å²) in [5.41, 5.74) is 1.57. The van der Waals surface area contributed by atoms with Gasteiger partial charge in [-0.1, -0.05) is 0 Å². The van der Waals surface area contributed by atoms with Gasteiger partial charge < -0.3 is 0 Å². The van der Waals surface area contributed by atoms with Crippen LogP contribution >= 0.6 is 11.6 Å². The van der Waals surface area contributed by atoms with Gasteiger partial charge in [-0.3, -0.25) is 0 Å². The summed E-state index contributed by atoms with van der Waals surface area (Å²) in [5, 5.41) is 0.415. The molecule has 4 aliphatic carbocycles. The van der Waals surface area contributed by atoms with E-state index in [1.165, 1.54) is 44.2 Å². The molecule has 0 radical (unpaired) electrons. The maximum atomic E-state index is 5.96. The fourth-order valence-corrected chi connectivity index (χ4v) is 5.20. The van der Waals surface area contributed by atoms with Crippen LogP contribution in [0.3, 0.4) is 0 Å². The standard InChI is InChI=1S/C14H17ClN2/c15-13-16-2-1-12(17-13)14-6-9-3-10(7-14)5-11(4-9)8-14/h1-2,9-11H,3-8H2. The average Bonchev–Trinajstić information content (AvgIpc) is 2.27. The lowest BCUT2D eigenvalue weighted by atomic mass is 9.49. The molecule has 0 aliphatic heterocycles. The van der Waals surface area contributed by atoms with Gasteiger partial charge in [0, 0.05) is 11.6 Å². The first kappa shape index (κ1) is 10.3. The van der Waals surface area contributed by atoms with E-state index in [4.69, 9.17) is 11.6 Å². The number of rotatable bonds is 1. The predicted octanol–water partition coefficient (Wildman–Crippen LogP) is 3.60. The molecule has 17 heavy (non-hydrogen) atoms. The van der Waals surface area contributed by atoms with Crippen molar-refractivity contribution in [1.82, 2.24) is 9.97 Å². The molecule has 90 valence electrons. The molecule has 4 bridgehead atoms. The molecule has 0 saturated heterocycles. The SMILES string of the molecule is Clc1nccc(C23CC4CC(CC(C4)C2)C3)n1. The van der Waals surface area contributed by atoms with E-state index in [9.17, 15) is 0 Å². The van der Waals surface area contributed by atoms with Crippen molar-refractivity contribution >= 4 is 11.6 Å². The van der Waals surface area contributed by atoms with Crippen molar-refractivity contribution in [3.63, 3.8) is 0 Å². The van der Waals surface area contributed by atoms with E-state index in [1.807, 2.05) is 6.20 Å². The van der Waals surface area contributed by atoms with E-state index < -0.39 is 0 Å². The molecule has 1 aromatic heterocycles. The van der Waals surface area contributed by atoms with Gasteiger partial charge in [-0.15, -0.1) is 0 Å². The van der Waals surface area contributed by atoms with Gasteiger partial charge in [0.1, 0.15) is 0 Å². The first-order chi connectivity index (χ1) is 8.23. The first-order valence-electron chi connectivity index (χ1n) is 6.72. The molecule has 0 amide bonds. The normalized spacial score (nSPS) is 43.0. The number of hydrogen-bond donors (Lipinski definition) is 0. The van der Waals surface area contributed by atoms with Crippen LogP contribution in [0.25, 0.3) is 0 Å². The molecule has 0 N–H and O–H groups in total. The zero-order chi connectivity index (χ0) is 11.5. The Labute approximate surface area is 107 Å². The molecule has 0 spiro atoms. The minimum absolute atomic E-state index is 0.349. The van der Waals surface area contributed by atoms with E-state index in [0.29, 0.717) is 10.7 Å². The monoisotopic (exact) mass is 248 g/mol. The van der Waals surface area contributed by atoms with Gasteiger partial charge in [0.2, 0.25) is 5.28 Å². The van der Waals surface area contributed by atoms with Gasteiger partial charge in [0.15, 0.2) is 0 Å². The van der Waals surface area contributed by atoms with Crippen molar-refractivity contribution in [2.45, 2.75) is 43.9 Å². The Morgan fingerprint density at radius 2 is 1.65 bits per heavy atom. The van der Waals surface area contributed by atoms with E-state index in [2.05, 4.69) is 16.0 Å². The Hall–Kier alpha value is -0.630. The van der Waals surface area contributed by atoms with Crippen molar-refractivity contribution in [2.24, 2.45) is 17.8 Å². The molecule has 2 nitrogen and oxygen atoms in total. The average molecular weight is 249 g/mol. The van der Waals surface area contributed by atoms with Crippen LogP contribution in [0.1, 0.15) is 44.2 Å². The minimum atomic E-state index is 0.349. The number of nitrogens with zero attached hydrogens (tertiary/aromatic N) is 2. The summed E-state index contributed by atoms with van der Waals surface area (Å²) >= 11 is 5.96. The number of aromatic nitrogens is 2. The third kappa shape index (κ3) is 1.53. The van der Waals surface area contributed by atoms with Crippen LogP contribution in [0.5, 0.6) is 0 Å². The third-order valence-electron chi connectivity index (χ3n) is 5.21. The second kappa shape index (κ2) is 3.44. The highest BCUT2D eigenvalue weighted by molar-refractivity contribution is 6.28. The van der Waals surface area contributed by atoms with Crippen molar-refractivity contribution in [3.05, 3.63) is 23.2 Å². The van der Waals surface area contributed by atoms with Gasteiger partial charge in [-0.25, -0.2) is 9.97 Å². The maximum absolute atomic E-state index is 5.96. The highest BCUT2D eigenvalue weighted by atomic mass is 35.5.